The SMILES string of the molecule is Nc1ccc2nc(Oc3ccc4c(c3)OCO4)sc2c1. The summed E-state index contributed by atoms with van der Waals surface area (Å²) in [6.45, 7) is 0.249. The molecule has 6 heteroatoms. The van der Waals surface area contributed by atoms with E-state index in [9.17, 15) is 0 Å². The van der Waals surface area contributed by atoms with Crippen LogP contribution >= 0.6 is 11.3 Å². The zero-order valence-electron chi connectivity index (χ0n) is 10.3. The van der Waals surface area contributed by atoms with Crippen LogP contribution in [0.2, 0.25) is 0 Å². The van der Waals surface area contributed by atoms with Gasteiger partial charge in [-0.05, 0) is 30.3 Å². The molecule has 0 fully saturated rings. The van der Waals surface area contributed by atoms with Crippen LogP contribution in [-0.2, 0) is 0 Å². The molecular formula is C14H10N2O3S. The first-order valence-electron chi connectivity index (χ1n) is 6.01. The quantitative estimate of drug-likeness (QED) is 0.731. The van der Waals surface area contributed by atoms with Gasteiger partial charge in [-0.15, -0.1) is 0 Å². The number of nitrogens with two attached hydrogens (primary N) is 1. The monoisotopic (exact) mass is 286 g/mol. The molecule has 0 saturated carbocycles. The van der Waals surface area contributed by atoms with E-state index in [1.807, 2.05) is 30.3 Å². The number of thiazole rings is 1. The van der Waals surface area contributed by atoms with Crippen LogP contribution < -0.4 is 19.9 Å². The second kappa shape index (κ2) is 4.28. The highest BCUT2D eigenvalue weighted by atomic mass is 32.1. The number of anilines is 1. The summed E-state index contributed by atoms with van der Waals surface area (Å²) in [5, 5.41) is 0.574. The number of nitrogen functional groups attached to an aromatic ring is 1. The van der Waals surface area contributed by atoms with Gasteiger partial charge in [0.25, 0.3) is 5.19 Å². The van der Waals surface area contributed by atoms with Gasteiger partial charge in [-0.1, -0.05) is 11.3 Å². The minimum atomic E-state index is 0.249. The van der Waals surface area contributed by atoms with E-state index in [0.717, 1.165) is 21.7 Å². The second-order valence-electron chi connectivity index (χ2n) is 4.32. The molecule has 1 aliphatic rings. The van der Waals surface area contributed by atoms with E-state index < -0.39 is 0 Å². The van der Waals surface area contributed by atoms with Gasteiger partial charge in [-0.2, -0.15) is 0 Å². The third kappa shape index (κ3) is 1.90. The standard InChI is InChI=1S/C14H10N2O3S/c15-8-1-3-10-13(5-8)20-14(16-10)19-9-2-4-11-12(6-9)18-7-17-11/h1-6H,7,15H2. The van der Waals surface area contributed by atoms with Gasteiger partial charge in [0.1, 0.15) is 5.75 Å². The summed E-state index contributed by atoms with van der Waals surface area (Å²) in [7, 11) is 0. The number of nitrogens with zero attached hydrogens (tertiary/aromatic N) is 1. The summed E-state index contributed by atoms with van der Waals surface area (Å²) >= 11 is 1.45. The van der Waals surface area contributed by atoms with E-state index in [-0.39, 0.29) is 6.79 Å². The van der Waals surface area contributed by atoms with Gasteiger partial charge in [0, 0.05) is 11.8 Å². The minimum Gasteiger partial charge on any atom is -0.454 e. The van der Waals surface area contributed by atoms with Crippen LogP contribution in [0.5, 0.6) is 22.4 Å². The van der Waals surface area contributed by atoms with Crippen LogP contribution in [0, 0.1) is 0 Å². The molecule has 4 rings (SSSR count). The van der Waals surface area contributed by atoms with Crippen molar-refractivity contribution in [3.63, 3.8) is 0 Å². The van der Waals surface area contributed by atoms with Crippen LogP contribution in [0.25, 0.3) is 10.2 Å². The topological polar surface area (TPSA) is 66.6 Å². The Morgan fingerprint density at radius 1 is 1.10 bits per heavy atom. The molecule has 3 aromatic rings. The van der Waals surface area contributed by atoms with Gasteiger partial charge in [-0.25, -0.2) is 4.98 Å². The first-order chi connectivity index (χ1) is 9.78. The molecule has 0 bridgehead atoms. The zero-order valence-corrected chi connectivity index (χ0v) is 11.1. The molecule has 5 nitrogen and oxygen atoms in total. The Hall–Kier alpha value is -2.47. The Morgan fingerprint density at radius 3 is 2.95 bits per heavy atom. The van der Waals surface area contributed by atoms with Crippen molar-refractivity contribution in [2.45, 2.75) is 0 Å². The summed E-state index contributed by atoms with van der Waals surface area (Å²) in [6.07, 6.45) is 0. The molecular weight excluding hydrogens is 276 g/mol. The lowest BCUT2D eigenvalue weighted by atomic mass is 10.3. The first-order valence-corrected chi connectivity index (χ1v) is 6.83. The molecule has 2 aromatic carbocycles. The van der Waals surface area contributed by atoms with E-state index in [1.54, 1.807) is 6.07 Å². The smallest absolute Gasteiger partial charge is 0.279 e. The lowest BCUT2D eigenvalue weighted by Crippen LogP contribution is -1.92. The fraction of sp³-hybridized carbons (Fsp3) is 0.0714. The highest BCUT2D eigenvalue weighted by molar-refractivity contribution is 7.20. The summed E-state index contributed by atoms with van der Waals surface area (Å²) in [5.74, 6) is 2.09. The van der Waals surface area contributed by atoms with E-state index in [2.05, 4.69) is 4.98 Å². The van der Waals surface area contributed by atoms with Gasteiger partial charge in [0.2, 0.25) is 6.79 Å². The van der Waals surface area contributed by atoms with E-state index in [4.69, 9.17) is 19.9 Å². The van der Waals surface area contributed by atoms with Gasteiger partial charge >= 0.3 is 0 Å². The van der Waals surface area contributed by atoms with Crippen molar-refractivity contribution >= 4 is 27.2 Å². The Labute approximate surface area is 118 Å². The molecule has 2 heterocycles. The van der Waals surface area contributed by atoms with Gasteiger partial charge in [0.05, 0.1) is 10.2 Å². The maximum atomic E-state index is 5.76. The average molecular weight is 286 g/mol. The third-order valence-electron chi connectivity index (χ3n) is 2.94. The molecule has 1 aliphatic heterocycles. The summed E-state index contributed by atoms with van der Waals surface area (Å²) in [4.78, 5) is 4.41. The van der Waals surface area contributed by atoms with Crippen molar-refractivity contribution in [2.75, 3.05) is 12.5 Å². The molecule has 0 aliphatic carbocycles. The normalized spacial score (nSPS) is 12.8. The fourth-order valence-corrected chi connectivity index (χ4v) is 2.89. The third-order valence-corrected chi connectivity index (χ3v) is 3.84. The lowest BCUT2D eigenvalue weighted by molar-refractivity contribution is 0.174. The molecule has 0 radical (unpaired) electrons. The molecule has 100 valence electrons. The molecule has 0 atom stereocenters. The van der Waals surface area contributed by atoms with Crippen LogP contribution in [0.4, 0.5) is 5.69 Å². The fourth-order valence-electron chi connectivity index (χ4n) is 2.00. The number of hydrogen-bond acceptors (Lipinski definition) is 6. The Kier molecular flexibility index (Phi) is 2.43. The maximum absolute atomic E-state index is 5.76. The largest absolute Gasteiger partial charge is 0.454 e. The van der Waals surface area contributed by atoms with Crippen LogP contribution in [0.15, 0.2) is 36.4 Å². The highest BCUT2D eigenvalue weighted by Crippen LogP contribution is 2.38. The average Bonchev–Trinajstić information content (AvgIpc) is 3.03. The number of fused-ring (bicyclic) bond motifs is 2. The zero-order chi connectivity index (χ0) is 13.5. The number of benzene rings is 2. The van der Waals surface area contributed by atoms with Crippen LogP contribution in [-0.4, -0.2) is 11.8 Å². The Morgan fingerprint density at radius 2 is 2.00 bits per heavy atom. The molecule has 2 N–H and O–H groups in total. The second-order valence-corrected chi connectivity index (χ2v) is 5.32. The maximum Gasteiger partial charge on any atom is 0.279 e. The van der Waals surface area contributed by atoms with Crippen molar-refractivity contribution in [2.24, 2.45) is 0 Å². The van der Waals surface area contributed by atoms with Crippen LogP contribution in [0.3, 0.4) is 0 Å². The van der Waals surface area contributed by atoms with Crippen LogP contribution in [0.1, 0.15) is 0 Å². The number of rotatable bonds is 2. The predicted octanol–water partition coefficient (Wildman–Crippen LogP) is 3.40. The number of ether oxygens (including phenoxy) is 3. The molecule has 1 aromatic heterocycles. The lowest BCUT2D eigenvalue weighted by Gasteiger charge is -2.02. The molecule has 20 heavy (non-hydrogen) atoms. The van der Waals surface area contributed by atoms with Crippen molar-refractivity contribution in [1.82, 2.24) is 4.98 Å². The van der Waals surface area contributed by atoms with Crippen molar-refractivity contribution in [1.29, 1.82) is 0 Å². The van der Waals surface area contributed by atoms with Crippen molar-refractivity contribution in [3.8, 4) is 22.4 Å². The summed E-state index contributed by atoms with van der Waals surface area (Å²) in [6, 6.07) is 11.0. The Bertz CT molecular complexity index is 800. The van der Waals surface area contributed by atoms with Gasteiger partial charge in [-0.3, -0.25) is 0 Å². The van der Waals surface area contributed by atoms with E-state index in [1.165, 1.54) is 11.3 Å². The van der Waals surface area contributed by atoms with Crippen molar-refractivity contribution in [3.05, 3.63) is 36.4 Å². The molecule has 0 amide bonds. The van der Waals surface area contributed by atoms with Gasteiger partial charge in [0.15, 0.2) is 11.5 Å². The van der Waals surface area contributed by atoms with E-state index in [0.29, 0.717) is 16.7 Å². The molecule has 0 saturated heterocycles. The summed E-state index contributed by atoms with van der Waals surface area (Å²) < 4.78 is 17.3. The van der Waals surface area contributed by atoms with Gasteiger partial charge < -0.3 is 19.9 Å². The minimum absolute atomic E-state index is 0.249. The summed E-state index contributed by atoms with van der Waals surface area (Å²) in [5.41, 5.74) is 7.35. The van der Waals surface area contributed by atoms with Crippen molar-refractivity contribution < 1.29 is 14.2 Å². The first kappa shape index (κ1) is 11.4. The Balaban J connectivity index is 1.66. The molecule has 0 spiro atoms. The van der Waals surface area contributed by atoms with E-state index >= 15 is 0 Å². The number of hydrogen-bond donors (Lipinski definition) is 1. The molecule has 0 unspecified atom stereocenters. The highest BCUT2D eigenvalue weighted by Gasteiger charge is 2.15. The number of aromatic nitrogens is 1. The predicted molar refractivity (Wildman–Crippen MR) is 76.7 cm³/mol.